The average Bonchev–Trinajstić information content (AvgIpc) is 2.55. The molecule has 1 atom stereocenters. The molecule has 1 saturated heterocycles. The maximum Gasteiger partial charge on any atom is 0.245 e. The van der Waals surface area contributed by atoms with Gasteiger partial charge in [-0.25, -0.2) is 4.98 Å². The molecule has 2 rings (SSSR count). The van der Waals surface area contributed by atoms with E-state index in [1.165, 1.54) is 25.7 Å². The van der Waals surface area contributed by atoms with Crippen molar-refractivity contribution in [2.24, 2.45) is 0 Å². The SMILES string of the molecule is CCCNCC1CCCCN1c1nnc(CC)c(CC)n1. The summed E-state index contributed by atoms with van der Waals surface area (Å²) >= 11 is 0. The van der Waals surface area contributed by atoms with Crippen LogP contribution in [0.4, 0.5) is 5.95 Å². The number of nitrogens with zero attached hydrogens (tertiary/aromatic N) is 4. The summed E-state index contributed by atoms with van der Waals surface area (Å²) < 4.78 is 0. The summed E-state index contributed by atoms with van der Waals surface area (Å²) in [6.07, 6.45) is 6.76. The van der Waals surface area contributed by atoms with E-state index in [4.69, 9.17) is 4.98 Å². The third-order valence-corrected chi connectivity index (χ3v) is 4.19. The Morgan fingerprint density at radius 3 is 2.62 bits per heavy atom. The van der Waals surface area contributed by atoms with Gasteiger partial charge in [0.05, 0.1) is 11.4 Å². The van der Waals surface area contributed by atoms with Crippen molar-refractivity contribution < 1.29 is 0 Å². The fourth-order valence-electron chi connectivity index (χ4n) is 2.97. The van der Waals surface area contributed by atoms with Crippen LogP contribution in [0.2, 0.25) is 0 Å². The molecule has 5 nitrogen and oxygen atoms in total. The van der Waals surface area contributed by atoms with Gasteiger partial charge in [-0.3, -0.25) is 0 Å². The Labute approximate surface area is 128 Å². The minimum atomic E-state index is 0.504. The number of aromatic nitrogens is 3. The van der Waals surface area contributed by atoms with Gasteiger partial charge in [-0.15, -0.1) is 5.10 Å². The summed E-state index contributed by atoms with van der Waals surface area (Å²) in [4.78, 5) is 7.15. The number of hydrogen-bond donors (Lipinski definition) is 1. The maximum absolute atomic E-state index is 4.79. The Bertz CT molecular complexity index is 435. The van der Waals surface area contributed by atoms with Crippen LogP contribution in [0.1, 0.15) is 57.8 Å². The van der Waals surface area contributed by atoms with Gasteiger partial charge >= 0.3 is 0 Å². The molecule has 1 unspecified atom stereocenters. The van der Waals surface area contributed by atoms with E-state index in [0.717, 1.165) is 49.8 Å². The number of aryl methyl sites for hydroxylation is 2. The molecule has 0 aliphatic carbocycles. The summed E-state index contributed by atoms with van der Waals surface area (Å²) in [5.74, 6) is 0.826. The van der Waals surface area contributed by atoms with Crippen LogP contribution in [0.5, 0.6) is 0 Å². The Hall–Kier alpha value is -1.23. The summed E-state index contributed by atoms with van der Waals surface area (Å²) in [5.41, 5.74) is 2.15. The third-order valence-electron chi connectivity index (χ3n) is 4.19. The van der Waals surface area contributed by atoms with Crippen LogP contribution in [0.3, 0.4) is 0 Å². The minimum absolute atomic E-state index is 0.504. The van der Waals surface area contributed by atoms with Gasteiger partial charge in [0, 0.05) is 19.1 Å². The first-order valence-corrected chi connectivity index (χ1v) is 8.49. The van der Waals surface area contributed by atoms with Crippen LogP contribution in [0, 0.1) is 0 Å². The second-order valence-corrected chi connectivity index (χ2v) is 5.76. The van der Waals surface area contributed by atoms with Gasteiger partial charge in [-0.2, -0.15) is 5.10 Å². The molecule has 1 aliphatic heterocycles. The molecule has 5 heteroatoms. The Morgan fingerprint density at radius 2 is 1.90 bits per heavy atom. The summed E-state index contributed by atoms with van der Waals surface area (Å²) in [6.45, 7) is 9.61. The molecule has 1 N–H and O–H groups in total. The smallest absolute Gasteiger partial charge is 0.245 e. The lowest BCUT2D eigenvalue weighted by Gasteiger charge is -2.35. The van der Waals surface area contributed by atoms with Crippen LogP contribution < -0.4 is 10.2 Å². The molecular formula is C16H29N5. The Morgan fingerprint density at radius 1 is 1.10 bits per heavy atom. The molecule has 1 fully saturated rings. The number of piperidine rings is 1. The normalized spacial score (nSPS) is 19.0. The quantitative estimate of drug-likeness (QED) is 0.782. The zero-order valence-corrected chi connectivity index (χ0v) is 13.7. The van der Waals surface area contributed by atoms with E-state index in [1.807, 2.05) is 0 Å². The van der Waals surface area contributed by atoms with Crippen molar-refractivity contribution in [3.05, 3.63) is 11.4 Å². The molecule has 0 saturated carbocycles. The highest BCUT2D eigenvalue weighted by Gasteiger charge is 2.25. The predicted molar refractivity (Wildman–Crippen MR) is 86.7 cm³/mol. The van der Waals surface area contributed by atoms with Crippen molar-refractivity contribution in [2.45, 2.75) is 65.3 Å². The highest BCUT2D eigenvalue weighted by Crippen LogP contribution is 2.21. The number of rotatable bonds is 7. The molecule has 0 amide bonds. The van der Waals surface area contributed by atoms with Crippen LogP contribution in [0.15, 0.2) is 0 Å². The van der Waals surface area contributed by atoms with Crippen LogP contribution in [-0.4, -0.2) is 40.9 Å². The van der Waals surface area contributed by atoms with Gasteiger partial charge in [0.1, 0.15) is 0 Å². The van der Waals surface area contributed by atoms with E-state index in [2.05, 4.69) is 41.2 Å². The van der Waals surface area contributed by atoms with E-state index < -0.39 is 0 Å². The molecule has 0 spiro atoms. The molecule has 0 radical (unpaired) electrons. The third kappa shape index (κ3) is 4.13. The predicted octanol–water partition coefficient (Wildman–Crippen LogP) is 2.35. The lowest BCUT2D eigenvalue weighted by molar-refractivity contribution is 0.427. The highest BCUT2D eigenvalue weighted by molar-refractivity contribution is 5.33. The summed E-state index contributed by atoms with van der Waals surface area (Å²) in [7, 11) is 0. The van der Waals surface area contributed by atoms with Crippen LogP contribution in [0.25, 0.3) is 0 Å². The topological polar surface area (TPSA) is 53.9 Å². The van der Waals surface area contributed by atoms with Gasteiger partial charge in [0.25, 0.3) is 0 Å². The molecular weight excluding hydrogens is 262 g/mol. The van der Waals surface area contributed by atoms with Crippen molar-refractivity contribution >= 4 is 5.95 Å². The number of anilines is 1. The van der Waals surface area contributed by atoms with Crippen molar-refractivity contribution in [2.75, 3.05) is 24.5 Å². The average molecular weight is 291 g/mol. The van der Waals surface area contributed by atoms with E-state index in [0.29, 0.717) is 6.04 Å². The van der Waals surface area contributed by atoms with Crippen molar-refractivity contribution in [1.29, 1.82) is 0 Å². The monoisotopic (exact) mass is 291 g/mol. The molecule has 0 bridgehead atoms. The number of nitrogens with one attached hydrogen (secondary N) is 1. The minimum Gasteiger partial charge on any atom is -0.335 e. The maximum atomic E-state index is 4.79. The molecule has 118 valence electrons. The van der Waals surface area contributed by atoms with E-state index in [1.54, 1.807) is 0 Å². The standard InChI is InChI=1S/C16H29N5/c1-4-10-17-12-13-9-7-8-11-21(13)16-18-14(5-2)15(6-3)19-20-16/h13,17H,4-12H2,1-3H3. The zero-order valence-electron chi connectivity index (χ0n) is 13.7. The van der Waals surface area contributed by atoms with Gasteiger partial charge in [0.15, 0.2) is 0 Å². The molecule has 2 heterocycles. The first kappa shape index (κ1) is 16.1. The Balaban J connectivity index is 2.12. The molecule has 21 heavy (non-hydrogen) atoms. The summed E-state index contributed by atoms with van der Waals surface area (Å²) in [5, 5.41) is 12.3. The first-order chi connectivity index (χ1) is 10.3. The van der Waals surface area contributed by atoms with Crippen LogP contribution in [-0.2, 0) is 12.8 Å². The highest BCUT2D eigenvalue weighted by atomic mass is 15.3. The Kier molecular flexibility index (Phi) is 6.36. The fourth-order valence-corrected chi connectivity index (χ4v) is 2.97. The molecule has 1 aromatic rings. The van der Waals surface area contributed by atoms with Crippen molar-refractivity contribution in [3.8, 4) is 0 Å². The van der Waals surface area contributed by atoms with E-state index >= 15 is 0 Å². The van der Waals surface area contributed by atoms with Crippen molar-refractivity contribution in [1.82, 2.24) is 20.5 Å². The lowest BCUT2D eigenvalue weighted by Crippen LogP contribution is -2.46. The van der Waals surface area contributed by atoms with Crippen molar-refractivity contribution in [3.63, 3.8) is 0 Å². The van der Waals surface area contributed by atoms with Gasteiger partial charge in [-0.05, 0) is 45.1 Å². The van der Waals surface area contributed by atoms with Gasteiger partial charge in [-0.1, -0.05) is 20.8 Å². The molecule has 1 aliphatic rings. The lowest BCUT2D eigenvalue weighted by atomic mass is 10.0. The van der Waals surface area contributed by atoms with E-state index in [-0.39, 0.29) is 0 Å². The zero-order chi connectivity index (χ0) is 15.1. The van der Waals surface area contributed by atoms with Gasteiger partial charge in [0.2, 0.25) is 5.95 Å². The first-order valence-electron chi connectivity index (χ1n) is 8.49. The fraction of sp³-hybridized carbons (Fsp3) is 0.812. The van der Waals surface area contributed by atoms with Crippen LogP contribution >= 0.6 is 0 Å². The second-order valence-electron chi connectivity index (χ2n) is 5.76. The largest absolute Gasteiger partial charge is 0.335 e. The summed E-state index contributed by atoms with van der Waals surface area (Å²) in [6, 6.07) is 0.504. The molecule has 1 aromatic heterocycles. The number of hydrogen-bond acceptors (Lipinski definition) is 5. The van der Waals surface area contributed by atoms with Gasteiger partial charge < -0.3 is 10.2 Å². The second kappa shape index (κ2) is 8.27. The molecule has 0 aromatic carbocycles. The van der Waals surface area contributed by atoms with E-state index in [9.17, 15) is 0 Å².